The van der Waals surface area contributed by atoms with Gasteiger partial charge in [-0.15, -0.1) is 0 Å². The van der Waals surface area contributed by atoms with Crippen LogP contribution in [-0.2, 0) is 25.7 Å². The molecule has 0 amide bonds. The SMILES string of the molecule is C=Cc1ccc(OCc2cccc(N)c2)c(F)c1[C@@H]1O[C@@H]2C[C@H]3[C@@H]4CCC5=CC(=O)C=C[C@]5(C)[C@H]4[C@@H](O)C[C@]3(C)[C@]2(C(=O)CO)O1. The summed E-state index contributed by atoms with van der Waals surface area (Å²) in [5.41, 5.74) is 5.73. The summed E-state index contributed by atoms with van der Waals surface area (Å²) in [7, 11) is 0. The van der Waals surface area contributed by atoms with Gasteiger partial charge in [-0.2, -0.15) is 0 Å². The van der Waals surface area contributed by atoms with Crippen LogP contribution in [0.1, 0.15) is 62.5 Å². The highest BCUT2D eigenvalue weighted by Crippen LogP contribution is 2.70. The van der Waals surface area contributed by atoms with Crippen molar-refractivity contribution in [3.8, 4) is 5.75 Å². The molecule has 0 aromatic heterocycles. The second-order valence-electron chi connectivity index (χ2n) is 14.0. The third-order valence-corrected chi connectivity index (χ3v) is 11.8. The number of allylic oxidation sites excluding steroid dienone is 4. The van der Waals surface area contributed by atoms with E-state index in [1.165, 1.54) is 12.1 Å². The smallest absolute Gasteiger partial charge is 0.193 e. The van der Waals surface area contributed by atoms with E-state index in [2.05, 4.69) is 13.5 Å². The highest BCUT2D eigenvalue weighted by atomic mass is 19.1. The molecule has 4 aliphatic carbocycles. The number of carbonyl (C=O) groups excluding carboxylic acids is 2. The molecule has 8 nitrogen and oxygen atoms in total. The van der Waals surface area contributed by atoms with Crippen molar-refractivity contribution < 1.29 is 38.4 Å². The van der Waals surface area contributed by atoms with Crippen molar-refractivity contribution in [1.82, 2.24) is 0 Å². The minimum Gasteiger partial charge on any atom is -0.486 e. The lowest BCUT2D eigenvalue weighted by Crippen LogP contribution is -2.63. The Hall–Kier alpha value is -3.63. The molecule has 46 heavy (non-hydrogen) atoms. The first kappa shape index (κ1) is 31.0. The van der Waals surface area contributed by atoms with E-state index in [4.69, 9.17) is 19.9 Å². The fourth-order valence-electron chi connectivity index (χ4n) is 9.78. The average molecular weight is 630 g/mol. The predicted octanol–water partition coefficient (Wildman–Crippen LogP) is 5.23. The number of carbonyl (C=O) groups is 2. The zero-order chi connectivity index (χ0) is 32.6. The van der Waals surface area contributed by atoms with Gasteiger partial charge >= 0.3 is 0 Å². The highest BCUT2D eigenvalue weighted by molar-refractivity contribution is 6.01. The van der Waals surface area contributed by atoms with Crippen molar-refractivity contribution >= 4 is 23.3 Å². The first-order valence-electron chi connectivity index (χ1n) is 16.0. The molecule has 5 aliphatic rings. The fraction of sp³-hybridized carbons (Fsp3) is 0.459. The molecule has 1 saturated heterocycles. The van der Waals surface area contributed by atoms with E-state index in [0.717, 1.165) is 17.6 Å². The number of hydrogen-bond donors (Lipinski definition) is 3. The maximum absolute atomic E-state index is 16.3. The number of ketones is 2. The highest BCUT2D eigenvalue weighted by Gasteiger charge is 2.76. The monoisotopic (exact) mass is 629 g/mol. The van der Waals surface area contributed by atoms with Crippen molar-refractivity contribution in [3.05, 3.63) is 89.3 Å². The van der Waals surface area contributed by atoms with E-state index in [1.54, 1.807) is 36.4 Å². The lowest BCUT2D eigenvalue weighted by Gasteiger charge is -2.59. The first-order valence-corrected chi connectivity index (χ1v) is 16.0. The zero-order valence-electron chi connectivity index (χ0n) is 26.1. The molecule has 0 spiro atoms. The number of aliphatic hydroxyl groups excluding tert-OH is 2. The zero-order valence-corrected chi connectivity index (χ0v) is 26.1. The van der Waals surface area contributed by atoms with Crippen LogP contribution in [0.2, 0.25) is 0 Å². The van der Waals surface area contributed by atoms with Crippen molar-refractivity contribution in [3.63, 3.8) is 0 Å². The number of benzene rings is 2. The summed E-state index contributed by atoms with van der Waals surface area (Å²) in [6, 6.07) is 10.3. The number of aliphatic hydroxyl groups is 2. The molecule has 2 aromatic rings. The van der Waals surface area contributed by atoms with Gasteiger partial charge in [0.2, 0.25) is 0 Å². The summed E-state index contributed by atoms with van der Waals surface area (Å²) in [5.74, 6) is -1.53. The molecule has 4 fully saturated rings. The number of ether oxygens (including phenoxy) is 3. The van der Waals surface area contributed by atoms with Crippen molar-refractivity contribution in [2.45, 2.75) is 70.2 Å². The van der Waals surface area contributed by atoms with Gasteiger partial charge in [0, 0.05) is 22.4 Å². The van der Waals surface area contributed by atoms with Crippen LogP contribution in [0.15, 0.2) is 66.8 Å². The molecule has 9 atom stereocenters. The van der Waals surface area contributed by atoms with E-state index in [0.29, 0.717) is 24.1 Å². The minimum atomic E-state index is -1.61. The average Bonchev–Trinajstić information content (AvgIpc) is 3.52. The third kappa shape index (κ3) is 4.32. The molecule has 7 rings (SSSR count). The van der Waals surface area contributed by atoms with Crippen LogP contribution in [0.25, 0.3) is 6.08 Å². The van der Waals surface area contributed by atoms with Crippen molar-refractivity contribution in [1.29, 1.82) is 0 Å². The Balaban J connectivity index is 1.23. The lowest BCUT2D eigenvalue weighted by atomic mass is 9.46. The molecule has 2 aromatic carbocycles. The molecule has 1 aliphatic heterocycles. The van der Waals surface area contributed by atoms with Crippen LogP contribution in [0, 0.1) is 34.4 Å². The van der Waals surface area contributed by atoms with Gasteiger partial charge in [0.15, 0.2) is 35.0 Å². The normalized spacial score (nSPS) is 37.5. The summed E-state index contributed by atoms with van der Waals surface area (Å²) in [5, 5.41) is 22.2. The molecule has 242 valence electrons. The second kappa shape index (κ2) is 11.0. The minimum absolute atomic E-state index is 0.0117. The molecule has 1 heterocycles. The van der Waals surface area contributed by atoms with Gasteiger partial charge in [-0.3, -0.25) is 9.59 Å². The number of nitrogens with two attached hydrogens (primary N) is 1. The maximum Gasteiger partial charge on any atom is 0.193 e. The number of rotatable bonds is 7. The summed E-state index contributed by atoms with van der Waals surface area (Å²) in [4.78, 5) is 26.1. The molecular weight excluding hydrogens is 589 g/mol. The molecule has 0 unspecified atom stereocenters. The standard InChI is InChI=1S/C37H40FNO7/c1-4-21-8-11-28(44-19-20-6-5-7-23(39)14-20)33(38)31(21)34-45-30-16-26-25-10-9-22-15-24(41)12-13-35(22,2)32(25)27(42)17-36(26,3)37(30,46-34)29(43)18-40/h4-8,11-15,25-27,30,32,34,40,42H,1,9-10,16-19,39H2,2-3H3/t25-,26-,27-,30+,32+,34+,35-,36-,37+/m0/s1. The van der Waals surface area contributed by atoms with Crippen LogP contribution >= 0.6 is 0 Å². The van der Waals surface area contributed by atoms with Gasteiger partial charge in [0.1, 0.15) is 13.2 Å². The van der Waals surface area contributed by atoms with Gasteiger partial charge in [-0.25, -0.2) is 4.39 Å². The van der Waals surface area contributed by atoms with Crippen LogP contribution in [0.5, 0.6) is 5.75 Å². The quantitative estimate of drug-likeness (QED) is 0.355. The Morgan fingerprint density at radius 1 is 1.26 bits per heavy atom. The largest absolute Gasteiger partial charge is 0.486 e. The number of fused-ring (bicyclic) bond motifs is 7. The Bertz CT molecular complexity index is 1690. The second-order valence-corrected chi connectivity index (χ2v) is 14.0. The van der Waals surface area contributed by atoms with E-state index in [1.807, 2.05) is 19.1 Å². The number of Topliss-reactive ketones (excluding diaryl/α,β-unsaturated/α-hetero) is 1. The van der Waals surface area contributed by atoms with Gasteiger partial charge in [-0.05, 0) is 79.0 Å². The molecule has 3 saturated carbocycles. The van der Waals surface area contributed by atoms with Crippen LogP contribution in [-0.4, -0.2) is 46.2 Å². The van der Waals surface area contributed by atoms with E-state index in [-0.39, 0.29) is 47.9 Å². The third-order valence-electron chi connectivity index (χ3n) is 11.8. The number of anilines is 1. The summed E-state index contributed by atoms with van der Waals surface area (Å²) >= 11 is 0. The number of nitrogen functional groups attached to an aromatic ring is 1. The van der Waals surface area contributed by atoms with Crippen LogP contribution in [0.3, 0.4) is 0 Å². The molecule has 0 radical (unpaired) electrons. The lowest BCUT2D eigenvalue weighted by molar-refractivity contribution is -0.201. The first-order chi connectivity index (χ1) is 22.0. The van der Waals surface area contributed by atoms with Crippen LogP contribution in [0.4, 0.5) is 10.1 Å². The van der Waals surface area contributed by atoms with Crippen molar-refractivity contribution in [2.24, 2.45) is 28.6 Å². The van der Waals surface area contributed by atoms with E-state index in [9.17, 15) is 19.8 Å². The van der Waals surface area contributed by atoms with Gasteiger partial charge in [0.05, 0.1) is 17.8 Å². The van der Waals surface area contributed by atoms with Gasteiger partial charge in [0.25, 0.3) is 0 Å². The van der Waals surface area contributed by atoms with E-state index >= 15 is 4.39 Å². The Morgan fingerprint density at radius 2 is 2.07 bits per heavy atom. The summed E-state index contributed by atoms with van der Waals surface area (Å²) < 4.78 is 35.3. The van der Waals surface area contributed by atoms with Gasteiger partial charge < -0.3 is 30.2 Å². The van der Waals surface area contributed by atoms with E-state index < -0.39 is 53.1 Å². The predicted molar refractivity (Wildman–Crippen MR) is 169 cm³/mol. The van der Waals surface area contributed by atoms with Crippen molar-refractivity contribution in [2.75, 3.05) is 12.3 Å². The molecule has 4 N–H and O–H groups in total. The summed E-state index contributed by atoms with van der Waals surface area (Å²) in [6.45, 7) is 7.18. The Kier molecular flexibility index (Phi) is 7.40. The number of halogens is 1. The van der Waals surface area contributed by atoms with Gasteiger partial charge in [-0.1, -0.05) is 56.4 Å². The molecule has 9 heteroatoms. The summed E-state index contributed by atoms with van der Waals surface area (Å²) in [6.07, 6.45) is 5.97. The Morgan fingerprint density at radius 3 is 2.80 bits per heavy atom. The molecular formula is C37H40FNO7. The fourth-order valence-corrected chi connectivity index (χ4v) is 9.78. The molecule has 0 bridgehead atoms. The topological polar surface area (TPSA) is 128 Å². The van der Waals surface area contributed by atoms with Crippen LogP contribution < -0.4 is 10.5 Å². The number of hydrogen-bond acceptors (Lipinski definition) is 8. The Labute approximate surface area is 267 Å². The maximum atomic E-state index is 16.3.